The summed E-state index contributed by atoms with van der Waals surface area (Å²) >= 11 is 0. The Morgan fingerprint density at radius 3 is 2.17 bits per heavy atom. The Morgan fingerprint density at radius 2 is 1.67 bits per heavy atom. The SMILES string of the molecule is O=C(COC1CCOC1)N=S(=O)(c1ccccc1)c1ccccc1. The third kappa shape index (κ3) is 3.90. The molecule has 0 saturated carbocycles. The zero-order valence-electron chi connectivity index (χ0n) is 13.2. The van der Waals surface area contributed by atoms with Crippen molar-refractivity contribution in [2.75, 3.05) is 19.8 Å². The number of ether oxygens (including phenoxy) is 2. The van der Waals surface area contributed by atoms with Crippen molar-refractivity contribution in [2.24, 2.45) is 4.36 Å². The summed E-state index contributed by atoms with van der Waals surface area (Å²) in [7, 11) is -3.03. The van der Waals surface area contributed by atoms with Crippen LogP contribution < -0.4 is 0 Å². The second kappa shape index (κ2) is 7.70. The summed E-state index contributed by atoms with van der Waals surface area (Å²) in [5.41, 5.74) is 0. The average Bonchev–Trinajstić information content (AvgIpc) is 3.15. The molecule has 1 aliphatic heterocycles. The highest BCUT2D eigenvalue weighted by molar-refractivity contribution is 7.94. The van der Waals surface area contributed by atoms with Crippen molar-refractivity contribution in [1.29, 1.82) is 0 Å². The molecule has 1 fully saturated rings. The first-order valence-corrected chi connectivity index (χ1v) is 9.29. The molecule has 1 saturated heterocycles. The van der Waals surface area contributed by atoms with Gasteiger partial charge in [0.1, 0.15) is 16.3 Å². The van der Waals surface area contributed by atoms with Crippen LogP contribution in [0.1, 0.15) is 6.42 Å². The Kier molecular flexibility index (Phi) is 5.40. The number of hydrogen-bond acceptors (Lipinski definition) is 4. The Labute approximate surface area is 141 Å². The number of rotatable bonds is 5. The van der Waals surface area contributed by atoms with Gasteiger partial charge >= 0.3 is 0 Å². The number of carbonyl (C=O) groups excluding carboxylic acids is 1. The van der Waals surface area contributed by atoms with Crippen molar-refractivity contribution in [3.8, 4) is 0 Å². The van der Waals surface area contributed by atoms with Crippen LogP contribution in [0.25, 0.3) is 0 Å². The number of nitrogens with zero attached hydrogens (tertiary/aromatic N) is 1. The van der Waals surface area contributed by atoms with Gasteiger partial charge in [0.15, 0.2) is 0 Å². The summed E-state index contributed by atoms with van der Waals surface area (Å²) in [6.45, 7) is 0.936. The van der Waals surface area contributed by atoms with E-state index in [9.17, 15) is 9.00 Å². The van der Waals surface area contributed by atoms with E-state index in [2.05, 4.69) is 4.36 Å². The van der Waals surface area contributed by atoms with Gasteiger partial charge in [0.05, 0.1) is 22.5 Å². The fourth-order valence-electron chi connectivity index (χ4n) is 2.45. The highest BCUT2D eigenvalue weighted by Gasteiger charge is 2.20. The lowest BCUT2D eigenvalue weighted by molar-refractivity contribution is -0.124. The van der Waals surface area contributed by atoms with Crippen molar-refractivity contribution >= 4 is 15.6 Å². The van der Waals surface area contributed by atoms with Gasteiger partial charge in [-0.2, -0.15) is 4.36 Å². The van der Waals surface area contributed by atoms with Crippen molar-refractivity contribution in [3.63, 3.8) is 0 Å². The van der Waals surface area contributed by atoms with Crippen molar-refractivity contribution in [2.45, 2.75) is 22.3 Å². The first-order valence-electron chi connectivity index (χ1n) is 7.78. The van der Waals surface area contributed by atoms with E-state index in [1.54, 1.807) is 48.5 Å². The molecule has 6 heteroatoms. The molecule has 24 heavy (non-hydrogen) atoms. The minimum absolute atomic E-state index is 0.0892. The third-order valence-electron chi connectivity index (χ3n) is 3.69. The van der Waals surface area contributed by atoms with Gasteiger partial charge in [-0.3, -0.25) is 4.79 Å². The molecule has 1 unspecified atom stereocenters. The second-order valence-electron chi connectivity index (χ2n) is 5.43. The maximum Gasteiger partial charge on any atom is 0.280 e. The lowest BCUT2D eigenvalue weighted by Crippen LogP contribution is -2.18. The number of hydrogen-bond donors (Lipinski definition) is 0. The van der Waals surface area contributed by atoms with E-state index in [4.69, 9.17) is 9.47 Å². The van der Waals surface area contributed by atoms with E-state index >= 15 is 0 Å². The Bertz CT molecular complexity index is 747. The zero-order valence-corrected chi connectivity index (χ0v) is 14.0. The highest BCUT2D eigenvalue weighted by Crippen LogP contribution is 2.23. The van der Waals surface area contributed by atoms with Crippen LogP contribution in [0.4, 0.5) is 0 Å². The van der Waals surface area contributed by atoms with E-state index in [-0.39, 0.29) is 12.7 Å². The molecule has 0 spiro atoms. The Balaban J connectivity index is 1.90. The predicted molar refractivity (Wildman–Crippen MR) is 90.2 cm³/mol. The molecule has 0 aromatic heterocycles. The minimum Gasteiger partial charge on any atom is -0.379 e. The topological polar surface area (TPSA) is 65.0 Å². The van der Waals surface area contributed by atoms with Crippen LogP contribution in [0.3, 0.4) is 0 Å². The van der Waals surface area contributed by atoms with E-state index in [0.29, 0.717) is 23.0 Å². The molecule has 1 aliphatic rings. The molecular formula is C18H19NO4S. The lowest BCUT2D eigenvalue weighted by Gasteiger charge is -2.11. The van der Waals surface area contributed by atoms with Crippen LogP contribution in [0, 0.1) is 0 Å². The van der Waals surface area contributed by atoms with Gasteiger partial charge in [-0.15, -0.1) is 0 Å². The molecule has 1 amide bonds. The molecular weight excluding hydrogens is 326 g/mol. The van der Waals surface area contributed by atoms with Crippen LogP contribution in [0.5, 0.6) is 0 Å². The summed E-state index contributed by atoms with van der Waals surface area (Å²) in [5.74, 6) is -0.528. The van der Waals surface area contributed by atoms with Crippen LogP contribution >= 0.6 is 0 Å². The fraction of sp³-hybridized carbons (Fsp3) is 0.278. The monoisotopic (exact) mass is 345 g/mol. The molecule has 2 aromatic carbocycles. The Hall–Kier alpha value is -2.02. The maximum atomic E-state index is 13.5. The molecule has 0 aliphatic carbocycles. The van der Waals surface area contributed by atoms with Gasteiger partial charge in [0, 0.05) is 6.61 Å². The summed E-state index contributed by atoms with van der Waals surface area (Å²) in [4.78, 5) is 13.3. The fourth-order valence-corrected chi connectivity index (χ4v) is 4.33. The van der Waals surface area contributed by atoms with Crippen LogP contribution in [0.15, 0.2) is 74.8 Å². The van der Waals surface area contributed by atoms with Gasteiger partial charge < -0.3 is 9.47 Å². The van der Waals surface area contributed by atoms with E-state index < -0.39 is 15.6 Å². The van der Waals surface area contributed by atoms with Gasteiger partial charge in [-0.05, 0) is 30.7 Å². The van der Waals surface area contributed by atoms with Crippen LogP contribution in [-0.2, 0) is 24.0 Å². The van der Waals surface area contributed by atoms with E-state index in [0.717, 1.165) is 6.42 Å². The summed E-state index contributed by atoms with van der Waals surface area (Å²) in [6.07, 6.45) is 0.675. The van der Waals surface area contributed by atoms with Crippen molar-refractivity contribution in [3.05, 3.63) is 60.7 Å². The van der Waals surface area contributed by atoms with E-state index in [1.165, 1.54) is 0 Å². The molecule has 0 bridgehead atoms. The van der Waals surface area contributed by atoms with Crippen LogP contribution in [-0.4, -0.2) is 36.0 Å². The molecule has 1 heterocycles. The predicted octanol–water partition coefficient (Wildman–Crippen LogP) is 2.90. The number of carbonyl (C=O) groups is 1. The molecule has 126 valence electrons. The van der Waals surface area contributed by atoms with Gasteiger partial charge in [0.2, 0.25) is 0 Å². The highest BCUT2D eigenvalue weighted by atomic mass is 32.2. The number of amides is 1. The summed E-state index contributed by atoms with van der Waals surface area (Å²) < 4.78 is 28.3. The van der Waals surface area contributed by atoms with Gasteiger partial charge in [-0.1, -0.05) is 36.4 Å². The molecule has 0 radical (unpaired) electrons. The summed E-state index contributed by atoms with van der Waals surface area (Å²) in [6, 6.07) is 17.7. The molecule has 2 aromatic rings. The molecule has 3 rings (SSSR count). The molecule has 1 atom stereocenters. The Morgan fingerprint density at radius 1 is 1.08 bits per heavy atom. The molecule has 0 N–H and O–H groups in total. The smallest absolute Gasteiger partial charge is 0.280 e. The van der Waals surface area contributed by atoms with Gasteiger partial charge in [-0.25, -0.2) is 4.21 Å². The molecule has 5 nitrogen and oxygen atoms in total. The lowest BCUT2D eigenvalue weighted by atomic mass is 10.3. The second-order valence-corrected chi connectivity index (χ2v) is 7.61. The third-order valence-corrected chi connectivity index (χ3v) is 5.97. The first-order chi connectivity index (χ1) is 11.7. The average molecular weight is 345 g/mol. The number of benzene rings is 2. The van der Waals surface area contributed by atoms with Gasteiger partial charge in [0.25, 0.3) is 5.91 Å². The van der Waals surface area contributed by atoms with Crippen molar-refractivity contribution in [1.82, 2.24) is 0 Å². The maximum absolute atomic E-state index is 13.5. The van der Waals surface area contributed by atoms with Crippen LogP contribution in [0.2, 0.25) is 0 Å². The quantitative estimate of drug-likeness (QED) is 0.836. The van der Waals surface area contributed by atoms with E-state index in [1.807, 2.05) is 12.1 Å². The normalized spacial score (nSPS) is 17.6. The minimum atomic E-state index is -3.03. The standard InChI is InChI=1S/C18H19NO4S/c20-18(14-23-15-11-12-22-13-15)19-24(21,16-7-3-1-4-8-16)17-9-5-2-6-10-17/h1-10,15H,11-14H2. The largest absolute Gasteiger partial charge is 0.379 e. The van der Waals surface area contributed by atoms with Crippen molar-refractivity contribution < 1.29 is 18.5 Å². The zero-order chi connectivity index (χ0) is 16.8. The first kappa shape index (κ1) is 16.8. The summed E-state index contributed by atoms with van der Waals surface area (Å²) in [5, 5.41) is 0.